The lowest BCUT2D eigenvalue weighted by molar-refractivity contribution is -0.135. The minimum absolute atomic E-state index is 0.00664. The van der Waals surface area contributed by atoms with Crippen LogP contribution in [0, 0.1) is 0 Å². The van der Waals surface area contributed by atoms with Crippen LogP contribution < -0.4 is 0 Å². The van der Waals surface area contributed by atoms with Gasteiger partial charge in [-0.2, -0.15) is 0 Å². The van der Waals surface area contributed by atoms with E-state index in [0.29, 0.717) is 26.1 Å². The van der Waals surface area contributed by atoms with Crippen LogP contribution >= 0.6 is 0 Å². The molecule has 0 aliphatic heterocycles. The van der Waals surface area contributed by atoms with E-state index >= 15 is 0 Å². The van der Waals surface area contributed by atoms with Crippen LogP contribution in [0.2, 0.25) is 0 Å². The number of hydrogen-bond acceptors (Lipinski definition) is 3. The van der Waals surface area contributed by atoms with Crippen molar-refractivity contribution >= 4 is 5.91 Å². The Hall–Kier alpha value is -1.39. The van der Waals surface area contributed by atoms with E-state index in [1.165, 1.54) is 0 Å². The maximum absolute atomic E-state index is 12.1. The second-order valence-electron chi connectivity index (χ2n) is 5.29. The van der Waals surface area contributed by atoms with Crippen LogP contribution in [-0.2, 0) is 16.1 Å². The third kappa shape index (κ3) is 6.36. The zero-order chi connectivity index (χ0) is 14.3. The molecule has 1 aromatic carbocycles. The number of benzene rings is 1. The molecule has 1 rings (SSSR count). The summed E-state index contributed by atoms with van der Waals surface area (Å²) in [6.07, 6.45) is 0.333. The van der Waals surface area contributed by atoms with Gasteiger partial charge in [-0.25, -0.2) is 0 Å². The van der Waals surface area contributed by atoms with Gasteiger partial charge in [0.25, 0.3) is 0 Å². The molecule has 0 saturated heterocycles. The number of methoxy groups -OCH3 is 1. The molecule has 0 radical (unpaired) electrons. The molecule has 1 aromatic rings. The zero-order valence-corrected chi connectivity index (χ0v) is 11.9. The minimum atomic E-state index is -0.905. The van der Waals surface area contributed by atoms with Gasteiger partial charge < -0.3 is 14.7 Å². The van der Waals surface area contributed by atoms with Crippen LogP contribution in [0.1, 0.15) is 25.8 Å². The first-order valence-corrected chi connectivity index (χ1v) is 6.45. The molecule has 0 saturated carbocycles. The van der Waals surface area contributed by atoms with E-state index in [4.69, 9.17) is 4.74 Å². The number of amides is 1. The van der Waals surface area contributed by atoms with Crippen molar-refractivity contribution < 1.29 is 14.6 Å². The molecule has 0 unspecified atom stereocenters. The predicted molar refractivity (Wildman–Crippen MR) is 74.6 cm³/mol. The van der Waals surface area contributed by atoms with E-state index in [9.17, 15) is 9.90 Å². The Morgan fingerprint density at radius 3 is 2.47 bits per heavy atom. The van der Waals surface area contributed by atoms with Crippen LogP contribution in [0.3, 0.4) is 0 Å². The van der Waals surface area contributed by atoms with Gasteiger partial charge in [0, 0.05) is 20.2 Å². The van der Waals surface area contributed by atoms with Crippen molar-refractivity contribution in [3.05, 3.63) is 35.9 Å². The Kier molecular flexibility index (Phi) is 5.99. The van der Waals surface area contributed by atoms with E-state index < -0.39 is 5.60 Å². The number of rotatable bonds is 7. The molecule has 0 aliphatic carbocycles. The monoisotopic (exact) mass is 265 g/mol. The van der Waals surface area contributed by atoms with Gasteiger partial charge in [-0.05, 0) is 19.4 Å². The summed E-state index contributed by atoms with van der Waals surface area (Å²) in [5.74, 6) is -0.00664. The van der Waals surface area contributed by atoms with Gasteiger partial charge in [0.15, 0.2) is 0 Å². The molecular weight excluding hydrogens is 242 g/mol. The Morgan fingerprint density at radius 2 is 1.95 bits per heavy atom. The van der Waals surface area contributed by atoms with Crippen LogP contribution in [0.4, 0.5) is 0 Å². The zero-order valence-electron chi connectivity index (χ0n) is 11.9. The molecule has 0 aromatic heterocycles. The first-order valence-electron chi connectivity index (χ1n) is 6.45. The van der Waals surface area contributed by atoms with Gasteiger partial charge in [0.05, 0.1) is 18.6 Å². The Labute approximate surface area is 115 Å². The van der Waals surface area contributed by atoms with Gasteiger partial charge in [0.2, 0.25) is 5.91 Å². The first-order chi connectivity index (χ1) is 8.92. The number of hydrogen-bond donors (Lipinski definition) is 1. The van der Waals surface area contributed by atoms with Crippen molar-refractivity contribution in [1.29, 1.82) is 0 Å². The highest BCUT2D eigenvalue weighted by atomic mass is 16.5. The van der Waals surface area contributed by atoms with Crippen LogP contribution in [0.5, 0.6) is 0 Å². The average molecular weight is 265 g/mol. The Morgan fingerprint density at radius 1 is 1.32 bits per heavy atom. The quantitative estimate of drug-likeness (QED) is 0.818. The Bertz CT molecular complexity index is 384. The highest BCUT2D eigenvalue weighted by Gasteiger charge is 2.22. The Balaban J connectivity index is 2.71. The summed E-state index contributed by atoms with van der Waals surface area (Å²) < 4.78 is 4.93. The van der Waals surface area contributed by atoms with Gasteiger partial charge in [-0.3, -0.25) is 4.79 Å². The summed E-state index contributed by atoms with van der Waals surface area (Å²) in [6.45, 7) is 4.62. The van der Waals surface area contributed by atoms with Crippen molar-refractivity contribution in [2.24, 2.45) is 0 Å². The predicted octanol–water partition coefficient (Wildman–Crippen LogP) is 1.82. The lowest BCUT2D eigenvalue weighted by atomic mass is 10.1. The maximum atomic E-state index is 12.1. The van der Waals surface area contributed by atoms with Gasteiger partial charge >= 0.3 is 0 Å². The number of carbonyl (C=O) groups excluding carboxylic acids is 1. The molecule has 0 heterocycles. The molecule has 0 fully saturated rings. The lowest BCUT2D eigenvalue weighted by Crippen LogP contribution is -2.42. The smallest absolute Gasteiger partial charge is 0.225 e. The van der Waals surface area contributed by atoms with Crippen molar-refractivity contribution in [2.75, 3.05) is 20.3 Å². The van der Waals surface area contributed by atoms with Gasteiger partial charge in [-0.1, -0.05) is 30.3 Å². The van der Waals surface area contributed by atoms with Crippen molar-refractivity contribution in [3.8, 4) is 0 Å². The second kappa shape index (κ2) is 7.26. The molecule has 4 heteroatoms. The van der Waals surface area contributed by atoms with Crippen LogP contribution in [-0.4, -0.2) is 41.8 Å². The fourth-order valence-electron chi connectivity index (χ4n) is 1.85. The molecule has 0 aliphatic rings. The molecule has 1 amide bonds. The van der Waals surface area contributed by atoms with E-state index in [2.05, 4.69) is 0 Å². The van der Waals surface area contributed by atoms with Gasteiger partial charge in [-0.15, -0.1) is 0 Å². The number of nitrogens with zero attached hydrogens (tertiary/aromatic N) is 1. The van der Waals surface area contributed by atoms with Crippen LogP contribution in [0.15, 0.2) is 30.3 Å². The molecular formula is C15H23NO3. The van der Waals surface area contributed by atoms with E-state index in [-0.39, 0.29) is 5.91 Å². The summed E-state index contributed by atoms with van der Waals surface area (Å²) >= 11 is 0. The highest BCUT2D eigenvalue weighted by Crippen LogP contribution is 2.11. The molecule has 106 valence electrons. The normalized spacial score (nSPS) is 11.4. The molecule has 1 N–H and O–H groups in total. The largest absolute Gasteiger partial charge is 0.389 e. The summed E-state index contributed by atoms with van der Waals surface area (Å²) in [6, 6.07) is 9.77. The third-order valence-electron chi connectivity index (χ3n) is 2.67. The summed E-state index contributed by atoms with van der Waals surface area (Å²) in [7, 11) is 1.57. The van der Waals surface area contributed by atoms with Crippen molar-refractivity contribution in [2.45, 2.75) is 32.4 Å². The van der Waals surface area contributed by atoms with Crippen molar-refractivity contribution in [1.82, 2.24) is 4.90 Å². The minimum Gasteiger partial charge on any atom is -0.389 e. The van der Waals surface area contributed by atoms with Crippen molar-refractivity contribution in [3.63, 3.8) is 0 Å². The number of ether oxygens (including phenoxy) is 1. The van der Waals surface area contributed by atoms with Crippen LogP contribution in [0.25, 0.3) is 0 Å². The average Bonchev–Trinajstić information content (AvgIpc) is 2.35. The fourth-order valence-corrected chi connectivity index (χ4v) is 1.85. The van der Waals surface area contributed by atoms with E-state index in [1.54, 1.807) is 25.9 Å². The number of aliphatic hydroxyl groups is 1. The topological polar surface area (TPSA) is 49.8 Å². The standard InChI is InChI=1S/C15H23NO3/c1-15(2,18)12-16(14(17)9-10-19-3)11-13-7-5-4-6-8-13/h4-8,18H,9-12H2,1-3H3. The SMILES string of the molecule is COCCC(=O)N(Cc1ccccc1)CC(C)(C)O. The molecule has 0 bridgehead atoms. The summed E-state index contributed by atoms with van der Waals surface area (Å²) in [5.41, 5.74) is 0.148. The molecule has 19 heavy (non-hydrogen) atoms. The van der Waals surface area contributed by atoms with E-state index in [1.807, 2.05) is 30.3 Å². The fraction of sp³-hybridized carbons (Fsp3) is 0.533. The second-order valence-corrected chi connectivity index (χ2v) is 5.29. The highest BCUT2D eigenvalue weighted by molar-refractivity contribution is 5.76. The first kappa shape index (κ1) is 15.7. The maximum Gasteiger partial charge on any atom is 0.225 e. The van der Waals surface area contributed by atoms with E-state index in [0.717, 1.165) is 5.56 Å². The molecule has 4 nitrogen and oxygen atoms in total. The lowest BCUT2D eigenvalue weighted by Gasteiger charge is -2.29. The molecule has 0 spiro atoms. The van der Waals surface area contributed by atoms with Gasteiger partial charge in [0.1, 0.15) is 0 Å². The third-order valence-corrected chi connectivity index (χ3v) is 2.67. The number of carbonyl (C=O) groups is 1. The molecule has 0 atom stereocenters. The summed E-state index contributed by atoms with van der Waals surface area (Å²) in [5, 5.41) is 9.92. The summed E-state index contributed by atoms with van der Waals surface area (Å²) in [4.78, 5) is 13.8.